The van der Waals surface area contributed by atoms with Crippen LogP contribution in [-0.4, -0.2) is 30.0 Å². The van der Waals surface area contributed by atoms with Crippen LogP contribution in [0, 0.1) is 17.3 Å². The van der Waals surface area contributed by atoms with Gasteiger partial charge in [0.15, 0.2) is 0 Å². The Morgan fingerprint density at radius 2 is 1.89 bits per heavy atom. The molecule has 2 aliphatic rings. The lowest BCUT2D eigenvalue weighted by molar-refractivity contribution is -0.137. The topological polar surface area (TPSA) is 55.5 Å². The number of hydrogen-bond donors (Lipinski definition) is 2. The van der Waals surface area contributed by atoms with Gasteiger partial charge in [-0.05, 0) is 44.4 Å². The number of aliphatic hydroxyl groups is 1. The molecule has 1 saturated heterocycles. The van der Waals surface area contributed by atoms with E-state index in [1.807, 2.05) is 6.92 Å². The summed E-state index contributed by atoms with van der Waals surface area (Å²) in [6, 6.07) is 0. The lowest BCUT2D eigenvalue weighted by Crippen LogP contribution is -2.58. The van der Waals surface area contributed by atoms with Crippen molar-refractivity contribution in [2.45, 2.75) is 64.6 Å². The van der Waals surface area contributed by atoms with E-state index in [0.717, 1.165) is 31.1 Å². The molecule has 0 bridgehead atoms. The molecule has 2 unspecified atom stereocenters. The molecule has 1 heterocycles. The molecule has 106 valence electrons. The lowest BCUT2D eigenvalue weighted by atomic mass is 9.58. The van der Waals surface area contributed by atoms with E-state index >= 15 is 0 Å². The zero-order chi connectivity index (χ0) is 13.4. The molecule has 1 aliphatic carbocycles. The highest BCUT2D eigenvalue weighted by atomic mass is 16.5. The van der Waals surface area contributed by atoms with Gasteiger partial charge in [-0.2, -0.15) is 0 Å². The van der Waals surface area contributed by atoms with Gasteiger partial charge >= 0.3 is 0 Å². The Kier molecular flexibility index (Phi) is 4.05. The maximum Gasteiger partial charge on any atom is 0.0995 e. The summed E-state index contributed by atoms with van der Waals surface area (Å²) in [5.41, 5.74) is 5.25. The molecule has 1 aliphatic heterocycles. The Labute approximate surface area is 111 Å². The number of nitrogens with two attached hydrogens (primary N) is 1. The predicted octanol–water partition coefficient (Wildman–Crippen LogP) is 2.32. The fourth-order valence-electron chi connectivity index (χ4n) is 4.10. The molecule has 0 spiro atoms. The summed E-state index contributed by atoms with van der Waals surface area (Å²) in [7, 11) is 0. The number of rotatable bonds is 3. The van der Waals surface area contributed by atoms with Crippen LogP contribution < -0.4 is 5.73 Å². The molecule has 0 aromatic rings. The number of ether oxygens (including phenoxy) is 1. The fraction of sp³-hybridized carbons (Fsp3) is 1.00. The van der Waals surface area contributed by atoms with Crippen LogP contribution in [0.3, 0.4) is 0 Å². The molecule has 3 nitrogen and oxygen atoms in total. The van der Waals surface area contributed by atoms with Crippen LogP contribution in [0.4, 0.5) is 0 Å². The minimum Gasteiger partial charge on any atom is -0.386 e. The van der Waals surface area contributed by atoms with Crippen molar-refractivity contribution in [1.82, 2.24) is 0 Å². The first-order chi connectivity index (χ1) is 8.45. The highest BCUT2D eigenvalue weighted by Gasteiger charge is 2.56. The van der Waals surface area contributed by atoms with Crippen molar-refractivity contribution in [1.29, 1.82) is 0 Å². The Bertz CT molecular complexity index is 284. The van der Waals surface area contributed by atoms with Crippen LogP contribution >= 0.6 is 0 Å². The van der Waals surface area contributed by atoms with Crippen molar-refractivity contribution in [3.8, 4) is 0 Å². The molecular weight excluding hydrogens is 226 g/mol. The van der Waals surface area contributed by atoms with Gasteiger partial charge in [-0.25, -0.2) is 0 Å². The second-order valence-corrected chi connectivity index (χ2v) is 6.75. The minimum atomic E-state index is -0.705. The van der Waals surface area contributed by atoms with E-state index < -0.39 is 5.60 Å². The second-order valence-electron chi connectivity index (χ2n) is 6.75. The largest absolute Gasteiger partial charge is 0.386 e. The summed E-state index contributed by atoms with van der Waals surface area (Å²) in [6.07, 6.45) is 5.18. The zero-order valence-electron chi connectivity index (χ0n) is 12.1. The van der Waals surface area contributed by atoms with Crippen molar-refractivity contribution >= 4 is 0 Å². The maximum absolute atomic E-state index is 11.1. The molecule has 2 fully saturated rings. The summed E-state index contributed by atoms with van der Waals surface area (Å²) < 4.78 is 5.62. The third-order valence-corrected chi connectivity index (χ3v) is 5.76. The fourth-order valence-corrected chi connectivity index (χ4v) is 4.10. The minimum absolute atomic E-state index is 0.0725. The lowest BCUT2D eigenvalue weighted by Gasteiger charge is -2.50. The second kappa shape index (κ2) is 5.10. The van der Waals surface area contributed by atoms with Crippen LogP contribution in [0.15, 0.2) is 0 Å². The average molecular weight is 255 g/mol. The van der Waals surface area contributed by atoms with Crippen LogP contribution in [0.5, 0.6) is 0 Å². The highest BCUT2D eigenvalue weighted by Crippen LogP contribution is 2.52. The van der Waals surface area contributed by atoms with Crippen molar-refractivity contribution in [2.75, 3.05) is 13.2 Å². The van der Waals surface area contributed by atoms with E-state index in [-0.39, 0.29) is 11.5 Å². The van der Waals surface area contributed by atoms with Gasteiger partial charge in [0.05, 0.1) is 11.7 Å². The van der Waals surface area contributed by atoms with Crippen LogP contribution in [0.1, 0.15) is 52.9 Å². The van der Waals surface area contributed by atoms with E-state index in [1.54, 1.807) is 0 Å². The van der Waals surface area contributed by atoms with Crippen LogP contribution in [-0.2, 0) is 4.74 Å². The van der Waals surface area contributed by atoms with E-state index in [0.29, 0.717) is 13.2 Å². The smallest absolute Gasteiger partial charge is 0.0995 e. The predicted molar refractivity (Wildman–Crippen MR) is 73.3 cm³/mol. The Balaban J connectivity index is 2.13. The molecule has 0 aromatic carbocycles. The molecule has 1 saturated carbocycles. The van der Waals surface area contributed by atoms with E-state index in [4.69, 9.17) is 10.5 Å². The third-order valence-electron chi connectivity index (χ3n) is 5.76. The normalized spacial score (nSPS) is 45.7. The average Bonchev–Trinajstić information content (AvgIpc) is 2.71. The van der Waals surface area contributed by atoms with E-state index in [2.05, 4.69) is 13.8 Å². The molecule has 18 heavy (non-hydrogen) atoms. The van der Waals surface area contributed by atoms with Crippen molar-refractivity contribution in [3.05, 3.63) is 0 Å². The van der Waals surface area contributed by atoms with Gasteiger partial charge in [-0.1, -0.05) is 13.8 Å². The Hall–Kier alpha value is -0.120. The number of hydrogen-bond acceptors (Lipinski definition) is 3. The summed E-state index contributed by atoms with van der Waals surface area (Å²) in [4.78, 5) is 0. The SMILES string of the molecule is CC(C)C1CCC(CN)(C2(O)CCOC2C)CC1. The quantitative estimate of drug-likeness (QED) is 0.813. The highest BCUT2D eigenvalue weighted by molar-refractivity contribution is 5.07. The molecular formula is C15H29NO2. The molecule has 3 N–H and O–H groups in total. The van der Waals surface area contributed by atoms with E-state index in [1.165, 1.54) is 12.8 Å². The summed E-state index contributed by atoms with van der Waals surface area (Å²) >= 11 is 0. The zero-order valence-corrected chi connectivity index (χ0v) is 12.1. The Morgan fingerprint density at radius 3 is 2.28 bits per heavy atom. The van der Waals surface area contributed by atoms with Gasteiger partial charge in [-0.15, -0.1) is 0 Å². The first-order valence-corrected chi connectivity index (χ1v) is 7.49. The van der Waals surface area contributed by atoms with Gasteiger partial charge in [0.2, 0.25) is 0 Å². The van der Waals surface area contributed by atoms with Crippen LogP contribution in [0.25, 0.3) is 0 Å². The molecule has 0 amide bonds. The first kappa shape index (κ1) is 14.3. The first-order valence-electron chi connectivity index (χ1n) is 7.49. The third kappa shape index (κ3) is 2.10. The van der Waals surface area contributed by atoms with Crippen molar-refractivity contribution in [3.63, 3.8) is 0 Å². The van der Waals surface area contributed by atoms with Gasteiger partial charge in [0, 0.05) is 25.0 Å². The Morgan fingerprint density at radius 1 is 1.28 bits per heavy atom. The monoisotopic (exact) mass is 255 g/mol. The molecule has 2 atom stereocenters. The van der Waals surface area contributed by atoms with Crippen molar-refractivity contribution < 1.29 is 9.84 Å². The molecule has 3 heteroatoms. The van der Waals surface area contributed by atoms with Gasteiger partial charge < -0.3 is 15.6 Å². The summed E-state index contributed by atoms with van der Waals surface area (Å²) in [5, 5.41) is 11.1. The van der Waals surface area contributed by atoms with E-state index in [9.17, 15) is 5.11 Å². The summed E-state index contributed by atoms with van der Waals surface area (Å²) in [5.74, 6) is 1.54. The van der Waals surface area contributed by atoms with Gasteiger partial charge in [0.1, 0.15) is 0 Å². The van der Waals surface area contributed by atoms with Gasteiger partial charge in [0.25, 0.3) is 0 Å². The summed E-state index contributed by atoms with van der Waals surface area (Å²) in [6.45, 7) is 7.86. The molecule has 2 rings (SSSR count). The van der Waals surface area contributed by atoms with Crippen molar-refractivity contribution in [2.24, 2.45) is 23.0 Å². The van der Waals surface area contributed by atoms with Crippen LogP contribution in [0.2, 0.25) is 0 Å². The van der Waals surface area contributed by atoms with Gasteiger partial charge in [-0.3, -0.25) is 0 Å². The standard InChI is InChI=1S/C15H29NO2/c1-11(2)13-4-6-14(10-16,7-5-13)15(17)8-9-18-12(15)3/h11-13,17H,4-10,16H2,1-3H3. The molecule has 0 aromatic heterocycles. The molecule has 0 radical (unpaired) electrons. The maximum atomic E-state index is 11.1.